The molecule has 12 nitrogen and oxygen atoms in total. The van der Waals surface area contributed by atoms with Crippen LogP contribution in [-0.2, 0) is 6.61 Å². The number of hydrogen-bond donors (Lipinski definition) is 4. The number of aromatic nitrogens is 4. The maximum Gasteiger partial charge on any atom is 0.289 e. The van der Waals surface area contributed by atoms with Gasteiger partial charge in [-0.1, -0.05) is 28.5 Å². The molecule has 0 bridgehead atoms. The number of fused-ring (bicyclic) bond motifs is 1. The number of aryl methyl sites for hydroxylation is 1. The van der Waals surface area contributed by atoms with Gasteiger partial charge < -0.3 is 24.2 Å². The minimum Gasteiger partial charge on any atom is -0.470 e. The highest BCUT2D eigenvalue weighted by molar-refractivity contribution is 5.97. The van der Waals surface area contributed by atoms with Crippen LogP contribution in [0.3, 0.4) is 0 Å². The molecule has 0 aliphatic carbocycles. The number of amides is 1. The number of aliphatic hydroxyl groups is 1. The Morgan fingerprint density at radius 1 is 1.22 bits per heavy atom. The van der Waals surface area contributed by atoms with Gasteiger partial charge in [0.15, 0.2) is 17.0 Å². The molecule has 1 amide bonds. The third-order valence-electron chi connectivity index (χ3n) is 4.43. The molecule has 0 saturated heterocycles. The van der Waals surface area contributed by atoms with Gasteiger partial charge in [-0.15, -0.1) is 5.10 Å². The van der Waals surface area contributed by atoms with Gasteiger partial charge in [0.05, 0.1) is 6.61 Å². The van der Waals surface area contributed by atoms with E-state index in [1.54, 1.807) is 37.3 Å². The van der Waals surface area contributed by atoms with Crippen molar-refractivity contribution in [3.63, 3.8) is 0 Å². The summed E-state index contributed by atoms with van der Waals surface area (Å²) < 4.78 is 17.0. The van der Waals surface area contributed by atoms with Crippen molar-refractivity contribution < 1.29 is 23.7 Å². The Kier molecular flexibility index (Phi) is 5.77. The summed E-state index contributed by atoms with van der Waals surface area (Å²) in [5.41, 5.74) is 0.557. The van der Waals surface area contributed by atoms with E-state index in [9.17, 15) is 4.79 Å². The summed E-state index contributed by atoms with van der Waals surface area (Å²) in [6, 6.07) is 10.0. The largest absolute Gasteiger partial charge is 0.470 e. The lowest BCUT2D eigenvalue weighted by molar-refractivity contribution is 0.0907. The van der Waals surface area contributed by atoms with E-state index in [1.165, 1.54) is 6.07 Å². The molecule has 1 aromatic carbocycles. The maximum absolute atomic E-state index is 11.9. The fraction of sp³-hybridized carbons (Fsp3) is 0.200. The summed E-state index contributed by atoms with van der Waals surface area (Å²) in [7, 11) is 0. The van der Waals surface area contributed by atoms with Crippen LogP contribution in [0.4, 0.5) is 0 Å². The highest BCUT2D eigenvalue weighted by Crippen LogP contribution is 2.21. The summed E-state index contributed by atoms with van der Waals surface area (Å²) in [6.45, 7) is 1.54. The number of aliphatic hydroxyl groups excluding tert-OH is 1. The number of benzene rings is 1. The van der Waals surface area contributed by atoms with Gasteiger partial charge >= 0.3 is 0 Å². The Hall–Kier alpha value is -4.32. The second kappa shape index (κ2) is 8.81. The molecular weight excluding hydrogens is 418 g/mol. The number of nitrogens with zero attached hydrogens (tertiary/aromatic N) is 4. The van der Waals surface area contributed by atoms with Gasteiger partial charge in [-0.3, -0.25) is 15.6 Å². The zero-order valence-corrected chi connectivity index (χ0v) is 17.0. The number of carbonyl (C=O) groups excluding carboxylic acids is 1. The first-order chi connectivity index (χ1) is 15.5. The Morgan fingerprint density at radius 2 is 2.00 bits per heavy atom. The summed E-state index contributed by atoms with van der Waals surface area (Å²) in [6.07, 6.45) is 0. The molecule has 4 N–H and O–H groups in total. The molecule has 0 unspecified atom stereocenters. The quantitative estimate of drug-likeness (QED) is 0.244. The second-order valence-corrected chi connectivity index (χ2v) is 6.73. The number of rotatable bonds is 7. The van der Waals surface area contributed by atoms with E-state index >= 15 is 0 Å². The number of hydrogen-bond acceptors (Lipinski definition) is 10. The average molecular weight is 437 g/mol. The van der Waals surface area contributed by atoms with Crippen LogP contribution in [0.2, 0.25) is 0 Å². The Bertz CT molecular complexity index is 1350. The molecule has 0 atom stereocenters. The first-order valence-corrected chi connectivity index (χ1v) is 9.54. The minimum atomic E-state index is -0.505. The summed E-state index contributed by atoms with van der Waals surface area (Å²) in [4.78, 5) is 11.9. The van der Waals surface area contributed by atoms with Crippen LogP contribution in [0.15, 0.2) is 45.4 Å². The molecule has 3 aromatic heterocycles. The fourth-order valence-electron chi connectivity index (χ4n) is 2.93. The van der Waals surface area contributed by atoms with Crippen LogP contribution in [0.1, 0.15) is 27.7 Å². The SMILES string of the molecule is Cc1cc(C(=N)n2nc(OCc3cc(C(=O)NCCO)on3)c3ccccc3c2=N)no1. The van der Waals surface area contributed by atoms with Crippen molar-refractivity contribution in [1.82, 2.24) is 25.4 Å². The highest BCUT2D eigenvalue weighted by Gasteiger charge is 2.17. The normalized spacial score (nSPS) is 10.9. The first kappa shape index (κ1) is 20.9. The molecule has 164 valence electrons. The van der Waals surface area contributed by atoms with Crippen LogP contribution in [0, 0.1) is 17.7 Å². The third-order valence-corrected chi connectivity index (χ3v) is 4.43. The molecule has 0 aliphatic heterocycles. The monoisotopic (exact) mass is 437 g/mol. The summed E-state index contributed by atoms with van der Waals surface area (Å²) >= 11 is 0. The third kappa shape index (κ3) is 4.11. The lowest BCUT2D eigenvalue weighted by Crippen LogP contribution is -2.30. The lowest BCUT2D eigenvalue weighted by atomic mass is 10.2. The number of ether oxygens (including phenoxy) is 1. The van der Waals surface area contributed by atoms with Crippen LogP contribution in [0.25, 0.3) is 10.8 Å². The van der Waals surface area contributed by atoms with E-state index in [0.29, 0.717) is 22.2 Å². The van der Waals surface area contributed by atoms with Crippen molar-refractivity contribution in [3.05, 3.63) is 64.8 Å². The van der Waals surface area contributed by atoms with Crippen molar-refractivity contribution in [2.75, 3.05) is 13.2 Å². The Balaban J connectivity index is 1.63. The molecule has 32 heavy (non-hydrogen) atoms. The molecule has 0 aliphatic rings. The van der Waals surface area contributed by atoms with Crippen LogP contribution >= 0.6 is 0 Å². The van der Waals surface area contributed by atoms with E-state index in [-0.39, 0.29) is 48.4 Å². The minimum absolute atomic E-state index is 0.0112. The molecule has 4 rings (SSSR count). The maximum atomic E-state index is 11.9. The molecule has 0 radical (unpaired) electrons. The van der Waals surface area contributed by atoms with E-state index in [4.69, 9.17) is 29.7 Å². The number of carbonyl (C=O) groups is 1. The van der Waals surface area contributed by atoms with Crippen molar-refractivity contribution in [2.24, 2.45) is 0 Å². The lowest BCUT2D eigenvalue weighted by Gasteiger charge is -2.12. The van der Waals surface area contributed by atoms with Crippen molar-refractivity contribution >= 4 is 22.5 Å². The van der Waals surface area contributed by atoms with Crippen molar-refractivity contribution in [3.8, 4) is 5.88 Å². The summed E-state index contributed by atoms with van der Waals surface area (Å²) in [5, 5.41) is 41.2. The van der Waals surface area contributed by atoms with Gasteiger partial charge in [0.25, 0.3) is 5.91 Å². The van der Waals surface area contributed by atoms with Gasteiger partial charge in [0, 0.05) is 29.4 Å². The first-order valence-electron chi connectivity index (χ1n) is 9.54. The zero-order chi connectivity index (χ0) is 22.7. The molecule has 0 saturated carbocycles. The smallest absolute Gasteiger partial charge is 0.289 e. The standard InChI is InChI=1S/C20H19N7O5/c1-11-8-15(26-31-11)18(22)27-17(21)13-4-2-3-5-14(13)20(24-27)30-10-12-9-16(32-25-12)19(29)23-6-7-28/h2-5,8-9,21-22,28H,6-7,10H2,1H3,(H,23,29). The molecule has 0 spiro atoms. The fourth-order valence-corrected chi connectivity index (χ4v) is 2.93. The Morgan fingerprint density at radius 3 is 2.72 bits per heavy atom. The topological polar surface area (TPSA) is 176 Å². The summed E-state index contributed by atoms with van der Waals surface area (Å²) in [5.74, 6) is 0.0188. The van der Waals surface area contributed by atoms with Gasteiger partial charge in [-0.25, -0.2) is 0 Å². The van der Waals surface area contributed by atoms with Gasteiger partial charge in [0.1, 0.15) is 18.1 Å². The predicted molar refractivity (Wildman–Crippen MR) is 109 cm³/mol. The van der Waals surface area contributed by atoms with Crippen LogP contribution in [-0.4, -0.2) is 50.1 Å². The van der Waals surface area contributed by atoms with Gasteiger partial charge in [-0.05, 0) is 13.0 Å². The van der Waals surface area contributed by atoms with E-state index in [2.05, 4.69) is 20.7 Å². The van der Waals surface area contributed by atoms with Crippen LogP contribution in [0.5, 0.6) is 5.88 Å². The van der Waals surface area contributed by atoms with E-state index in [1.807, 2.05) is 0 Å². The van der Waals surface area contributed by atoms with Gasteiger partial charge in [0.2, 0.25) is 11.6 Å². The van der Waals surface area contributed by atoms with Gasteiger partial charge in [-0.2, -0.15) is 4.68 Å². The molecular formula is C20H19N7O5. The molecule has 12 heteroatoms. The van der Waals surface area contributed by atoms with Crippen LogP contribution < -0.4 is 15.5 Å². The number of nitrogens with one attached hydrogen (secondary N) is 3. The van der Waals surface area contributed by atoms with Crippen molar-refractivity contribution in [2.45, 2.75) is 13.5 Å². The van der Waals surface area contributed by atoms with E-state index < -0.39 is 5.91 Å². The zero-order valence-electron chi connectivity index (χ0n) is 17.0. The predicted octanol–water partition coefficient (Wildman–Crippen LogP) is 0.975. The second-order valence-electron chi connectivity index (χ2n) is 6.73. The Labute approximate surface area is 180 Å². The highest BCUT2D eigenvalue weighted by atomic mass is 16.5. The molecule has 0 fully saturated rings. The van der Waals surface area contributed by atoms with Crippen molar-refractivity contribution in [1.29, 1.82) is 10.8 Å². The van der Waals surface area contributed by atoms with E-state index in [0.717, 1.165) is 4.68 Å². The molecule has 3 heterocycles. The average Bonchev–Trinajstić information content (AvgIpc) is 3.46. The molecule has 4 aromatic rings.